The molecule has 1 fully saturated rings. The SMILES string of the molecule is O=S(=O)(NC1CCN(Cc2cccc(C(F)(F)F)c2)CC1)c1cccc(-n2cnnn2)c1. The van der Waals surface area contributed by atoms with Gasteiger partial charge in [0, 0.05) is 25.7 Å². The molecule has 3 aromatic rings. The van der Waals surface area contributed by atoms with Gasteiger partial charge in [-0.2, -0.15) is 13.2 Å². The molecule has 2 heterocycles. The van der Waals surface area contributed by atoms with Crippen LogP contribution in [0.3, 0.4) is 0 Å². The average molecular weight is 466 g/mol. The van der Waals surface area contributed by atoms with Gasteiger partial charge < -0.3 is 0 Å². The van der Waals surface area contributed by atoms with Crippen molar-refractivity contribution in [1.29, 1.82) is 0 Å². The van der Waals surface area contributed by atoms with Crippen LogP contribution in [0.15, 0.2) is 59.8 Å². The number of tetrazole rings is 1. The van der Waals surface area contributed by atoms with Gasteiger partial charge in [0.1, 0.15) is 6.33 Å². The standard InChI is InChI=1S/C20H21F3N6O2S/c21-20(22,23)16-4-1-3-15(11-16)13-28-9-7-17(8-10-28)25-32(30,31)19-6-2-5-18(12-19)29-14-24-26-27-29/h1-6,11-12,14,17,25H,7-10,13H2. The second kappa shape index (κ2) is 8.96. The molecule has 0 radical (unpaired) electrons. The summed E-state index contributed by atoms with van der Waals surface area (Å²) < 4.78 is 68.5. The second-order valence-electron chi connectivity index (χ2n) is 7.62. The van der Waals surface area contributed by atoms with Crippen LogP contribution in [0.25, 0.3) is 5.69 Å². The molecule has 0 bridgehead atoms. The van der Waals surface area contributed by atoms with Crippen molar-refractivity contribution < 1.29 is 21.6 Å². The number of nitrogens with zero attached hydrogens (tertiary/aromatic N) is 5. The third-order valence-corrected chi connectivity index (χ3v) is 6.83. The van der Waals surface area contributed by atoms with E-state index in [1.807, 2.05) is 4.90 Å². The molecule has 1 aromatic heterocycles. The Morgan fingerprint density at radius 2 is 1.81 bits per heavy atom. The smallest absolute Gasteiger partial charge is 0.299 e. The van der Waals surface area contributed by atoms with E-state index in [-0.39, 0.29) is 10.9 Å². The lowest BCUT2D eigenvalue weighted by molar-refractivity contribution is -0.137. The lowest BCUT2D eigenvalue weighted by Gasteiger charge is -2.32. The normalized spacial score (nSPS) is 16.3. The number of hydrogen-bond donors (Lipinski definition) is 1. The summed E-state index contributed by atoms with van der Waals surface area (Å²) in [6.07, 6.45) is -1.88. The minimum Gasteiger partial charge on any atom is -0.299 e. The van der Waals surface area contributed by atoms with E-state index in [1.54, 1.807) is 18.2 Å². The summed E-state index contributed by atoms with van der Waals surface area (Å²) in [5, 5.41) is 10.8. The number of aromatic nitrogens is 4. The van der Waals surface area contributed by atoms with Crippen LogP contribution >= 0.6 is 0 Å². The van der Waals surface area contributed by atoms with Crippen molar-refractivity contribution in [2.45, 2.75) is 36.5 Å². The van der Waals surface area contributed by atoms with Gasteiger partial charge in [0.2, 0.25) is 10.0 Å². The fourth-order valence-electron chi connectivity index (χ4n) is 3.67. The highest BCUT2D eigenvalue weighted by Gasteiger charge is 2.31. The molecule has 0 aliphatic carbocycles. The van der Waals surface area contributed by atoms with Crippen molar-refractivity contribution >= 4 is 10.0 Å². The van der Waals surface area contributed by atoms with Gasteiger partial charge in [0.15, 0.2) is 0 Å². The topological polar surface area (TPSA) is 93.0 Å². The predicted molar refractivity (Wildman–Crippen MR) is 109 cm³/mol. The van der Waals surface area contributed by atoms with Crippen LogP contribution in [0.2, 0.25) is 0 Å². The molecule has 1 saturated heterocycles. The molecule has 0 unspecified atom stereocenters. The zero-order chi connectivity index (χ0) is 22.8. The summed E-state index contributed by atoms with van der Waals surface area (Å²) in [6, 6.07) is 11.3. The first-order valence-electron chi connectivity index (χ1n) is 9.95. The monoisotopic (exact) mass is 466 g/mol. The molecule has 4 rings (SSSR count). The van der Waals surface area contributed by atoms with Crippen LogP contribution in [-0.2, 0) is 22.7 Å². The molecule has 0 saturated carbocycles. The van der Waals surface area contributed by atoms with Gasteiger partial charge >= 0.3 is 6.18 Å². The minimum absolute atomic E-state index is 0.108. The van der Waals surface area contributed by atoms with Crippen LogP contribution in [0.5, 0.6) is 0 Å². The van der Waals surface area contributed by atoms with E-state index >= 15 is 0 Å². The molecule has 0 atom stereocenters. The molecule has 32 heavy (non-hydrogen) atoms. The first-order chi connectivity index (χ1) is 15.2. The molecule has 2 aromatic carbocycles. The number of likely N-dealkylation sites (tertiary alicyclic amines) is 1. The number of piperidine rings is 1. The van der Waals surface area contributed by atoms with Crippen LogP contribution in [0, 0.1) is 0 Å². The Kier molecular flexibility index (Phi) is 6.26. The van der Waals surface area contributed by atoms with E-state index in [9.17, 15) is 21.6 Å². The third kappa shape index (κ3) is 5.31. The molecule has 8 nitrogen and oxygen atoms in total. The van der Waals surface area contributed by atoms with E-state index in [0.29, 0.717) is 43.7 Å². The Bertz CT molecular complexity index is 1160. The van der Waals surface area contributed by atoms with Gasteiger partial charge in [-0.15, -0.1) is 5.10 Å². The van der Waals surface area contributed by atoms with Gasteiger partial charge in [-0.05, 0) is 53.1 Å². The molecular formula is C20H21F3N6O2S. The van der Waals surface area contributed by atoms with Gasteiger partial charge in [-0.3, -0.25) is 4.90 Å². The summed E-state index contributed by atoms with van der Waals surface area (Å²) >= 11 is 0. The number of rotatable bonds is 6. The summed E-state index contributed by atoms with van der Waals surface area (Å²) in [4.78, 5) is 2.13. The van der Waals surface area contributed by atoms with Crippen molar-refractivity contribution in [1.82, 2.24) is 29.8 Å². The van der Waals surface area contributed by atoms with Crippen LogP contribution in [0.1, 0.15) is 24.0 Å². The Balaban J connectivity index is 1.35. The molecule has 0 spiro atoms. The molecule has 12 heteroatoms. The molecule has 0 amide bonds. The highest BCUT2D eigenvalue weighted by molar-refractivity contribution is 7.89. The average Bonchev–Trinajstić information content (AvgIpc) is 3.30. The number of alkyl halides is 3. The van der Waals surface area contributed by atoms with Crippen molar-refractivity contribution in [2.24, 2.45) is 0 Å². The summed E-state index contributed by atoms with van der Waals surface area (Å²) in [7, 11) is -3.75. The van der Waals surface area contributed by atoms with E-state index < -0.39 is 21.8 Å². The zero-order valence-corrected chi connectivity index (χ0v) is 17.7. The zero-order valence-electron chi connectivity index (χ0n) is 16.9. The van der Waals surface area contributed by atoms with Crippen molar-refractivity contribution in [3.05, 3.63) is 66.0 Å². The molecule has 1 N–H and O–H groups in total. The van der Waals surface area contributed by atoms with E-state index in [1.165, 1.54) is 29.2 Å². The maximum atomic E-state index is 12.9. The van der Waals surface area contributed by atoms with Gasteiger partial charge in [0.05, 0.1) is 16.1 Å². The lowest BCUT2D eigenvalue weighted by Crippen LogP contribution is -2.44. The van der Waals surface area contributed by atoms with Crippen LogP contribution in [0.4, 0.5) is 13.2 Å². The number of hydrogen-bond acceptors (Lipinski definition) is 6. The second-order valence-corrected chi connectivity index (χ2v) is 9.34. The Labute approximate surface area is 183 Å². The quantitative estimate of drug-likeness (QED) is 0.601. The van der Waals surface area contributed by atoms with Gasteiger partial charge in [-0.1, -0.05) is 24.3 Å². The molecular weight excluding hydrogens is 445 g/mol. The Hall–Kier alpha value is -2.83. The molecule has 170 valence electrons. The maximum absolute atomic E-state index is 12.9. The molecule has 1 aliphatic rings. The number of sulfonamides is 1. The largest absolute Gasteiger partial charge is 0.416 e. The fourth-order valence-corrected chi connectivity index (χ4v) is 5.02. The summed E-state index contributed by atoms with van der Waals surface area (Å²) in [5.41, 5.74) is 0.439. The van der Waals surface area contributed by atoms with E-state index in [4.69, 9.17) is 0 Å². The first-order valence-corrected chi connectivity index (χ1v) is 11.4. The number of nitrogens with one attached hydrogen (secondary N) is 1. The van der Waals surface area contributed by atoms with Crippen molar-refractivity contribution in [2.75, 3.05) is 13.1 Å². The van der Waals surface area contributed by atoms with Crippen LogP contribution < -0.4 is 4.72 Å². The van der Waals surface area contributed by atoms with Crippen molar-refractivity contribution in [3.8, 4) is 5.69 Å². The Morgan fingerprint density at radius 3 is 2.50 bits per heavy atom. The van der Waals surface area contributed by atoms with Gasteiger partial charge in [-0.25, -0.2) is 17.8 Å². The van der Waals surface area contributed by atoms with Crippen molar-refractivity contribution in [3.63, 3.8) is 0 Å². The summed E-state index contributed by atoms with van der Waals surface area (Å²) in [6.45, 7) is 1.54. The fraction of sp³-hybridized carbons (Fsp3) is 0.350. The van der Waals surface area contributed by atoms with E-state index in [0.717, 1.165) is 12.1 Å². The minimum atomic E-state index is -4.37. The Morgan fingerprint density at radius 1 is 1.06 bits per heavy atom. The predicted octanol–water partition coefficient (Wildman–Crippen LogP) is 2.62. The highest BCUT2D eigenvalue weighted by atomic mass is 32.2. The molecule has 1 aliphatic heterocycles. The van der Waals surface area contributed by atoms with E-state index in [2.05, 4.69) is 20.2 Å². The third-order valence-electron chi connectivity index (χ3n) is 5.31. The number of halogens is 3. The lowest BCUT2D eigenvalue weighted by atomic mass is 10.0. The summed E-state index contributed by atoms with van der Waals surface area (Å²) in [5.74, 6) is 0. The maximum Gasteiger partial charge on any atom is 0.416 e. The van der Waals surface area contributed by atoms with Crippen LogP contribution in [-0.4, -0.2) is 52.7 Å². The number of benzene rings is 2. The van der Waals surface area contributed by atoms with Gasteiger partial charge in [0.25, 0.3) is 0 Å². The first kappa shape index (κ1) is 22.4. The highest BCUT2D eigenvalue weighted by Crippen LogP contribution is 2.30.